The number of hydrogen-bond acceptors (Lipinski definition) is 4. The van der Waals surface area contributed by atoms with Crippen LogP contribution < -0.4 is 0 Å². The van der Waals surface area contributed by atoms with Crippen LogP contribution in [-0.2, 0) is 17.8 Å². The summed E-state index contributed by atoms with van der Waals surface area (Å²) in [7, 11) is 0. The summed E-state index contributed by atoms with van der Waals surface area (Å²) in [4.78, 5) is 15.9. The molecule has 1 aliphatic rings. The third kappa shape index (κ3) is 2.89. The molecule has 2 heterocycles. The van der Waals surface area contributed by atoms with Gasteiger partial charge in [0.1, 0.15) is 5.01 Å². The monoisotopic (exact) mass is 301 g/mol. The zero-order valence-corrected chi connectivity index (χ0v) is 12.4. The number of aryl methyl sites for hydroxylation is 1. The van der Waals surface area contributed by atoms with Crippen molar-refractivity contribution in [1.29, 1.82) is 0 Å². The molecule has 1 aromatic carbocycles. The maximum absolute atomic E-state index is 11.0. The van der Waals surface area contributed by atoms with Gasteiger partial charge in [-0.1, -0.05) is 24.3 Å². The van der Waals surface area contributed by atoms with Gasteiger partial charge in [0.05, 0.1) is 13.2 Å². The molecule has 0 saturated heterocycles. The van der Waals surface area contributed by atoms with Gasteiger partial charge in [-0.25, -0.2) is 9.78 Å². The fraction of sp³-hybridized carbons (Fsp3) is 0.250. The largest absolute Gasteiger partial charge is 0.476 e. The van der Waals surface area contributed by atoms with E-state index in [-0.39, 0.29) is 5.69 Å². The summed E-state index contributed by atoms with van der Waals surface area (Å²) in [5, 5.41) is 9.73. The van der Waals surface area contributed by atoms with Gasteiger partial charge in [-0.2, -0.15) is 0 Å². The number of aromatic nitrogens is 1. The number of carbonyl (C=O) groups is 1. The second-order valence-electron chi connectivity index (χ2n) is 4.88. The lowest BCUT2D eigenvalue weighted by atomic mass is 9.97. The van der Waals surface area contributed by atoms with Crippen molar-refractivity contribution in [2.24, 2.45) is 0 Å². The van der Waals surface area contributed by atoms with Gasteiger partial charge in [-0.3, -0.25) is 0 Å². The molecule has 1 aromatic heterocycles. The molecule has 108 valence electrons. The summed E-state index contributed by atoms with van der Waals surface area (Å²) in [5.74, 6) is -0.978. The van der Waals surface area contributed by atoms with Gasteiger partial charge in [0.25, 0.3) is 0 Å². The van der Waals surface area contributed by atoms with Crippen LogP contribution >= 0.6 is 11.3 Å². The van der Waals surface area contributed by atoms with E-state index in [1.165, 1.54) is 22.5 Å². The molecule has 0 bridgehead atoms. The number of benzene rings is 1. The Morgan fingerprint density at radius 3 is 3.05 bits per heavy atom. The van der Waals surface area contributed by atoms with Crippen LogP contribution in [0.3, 0.4) is 0 Å². The first-order valence-corrected chi connectivity index (χ1v) is 7.54. The van der Waals surface area contributed by atoms with Gasteiger partial charge in [-0.15, -0.1) is 11.3 Å². The Balaban J connectivity index is 1.90. The smallest absolute Gasteiger partial charge is 0.355 e. The minimum atomic E-state index is -0.978. The molecule has 0 unspecified atom stereocenters. The predicted octanol–water partition coefficient (Wildman–Crippen LogP) is 3.39. The highest BCUT2D eigenvalue weighted by Crippen LogP contribution is 2.24. The van der Waals surface area contributed by atoms with E-state index in [1.807, 2.05) is 24.3 Å². The number of carboxylic acids is 1. The van der Waals surface area contributed by atoms with Crippen LogP contribution in [0.4, 0.5) is 0 Å². The molecule has 4 nitrogen and oxygen atoms in total. The van der Waals surface area contributed by atoms with Crippen molar-refractivity contribution < 1.29 is 14.6 Å². The van der Waals surface area contributed by atoms with Crippen molar-refractivity contribution >= 4 is 29.5 Å². The maximum atomic E-state index is 11.0. The molecule has 0 amide bonds. The lowest BCUT2D eigenvalue weighted by Gasteiger charge is -2.18. The Hall–Kier alpha value is -1.98. The van der Waals surface area contributed by atoms with Crippen molar-refractivity contribution in [3.8, 4) is 0 Å². The van der Waals surface area contributed by atoms with Crippen molar-refractivity contribution in [3.63, 3.8) is 0 Å². The lowest BCUT2D eigenvalue weighted by molar-refractivity contribution is 0.0690. The van der Waals surface area contributed by atoms with E-state index in [9.17, 15) is 4.79 Å². The van der Waals surface area contributed by atoms with Gasteiger partial charge in [-0.05, 0) is 36.1 Å². The van der Waals surface area contributed by atoms with Crippen LogP contribution in [0.15, 0.2) is 18.2 Å². The predicted molar refractivity (Wildman–Crippen MR) is 82.5 cm³/mol. The van der Waals surface area contributed by atoms with Crippen LogP contribution in [0.1, 0.15) is 37.1 Å². The van der Waals surface area contributed by atoms with Crippen molar-refractivity contribution in [2.75, 3.05) is 6.61 Å². The summed E-state index contributed by atoms with van der Waals surface area (Å²) in [5.41, 5.74) is 3.78. The summed E-state index contributed by atoms with van der Waals surface area (Å²) < 4.78 is 5.52. The number of nitrogens with zero attached hydrogens (tertiary/aromatic N) is 1. The number of aromatic carboxylic acids is 1. The molecular formula is C16H15NO3S. The first-order valence-electron chi connectivity index (χ1n) is 6.72. The third-order valence-corrected chi connectivity index (χ3v) is 4.43. The molecule has 3 rings (SSSR count). The molecule has 0 aliphatic carbocycles. The fourth-order valence-corrected chi connectivity index (χ4v) is 3.24. The number of hydrogen-bond donors (Lipinski definition) is 1. The van der Waals surface area contributed by atoms with E-state index in [0.29, 0.717) is 11.6 Å². The van der Waals surface area contributed by atoms with Gasteiger partial charge in [0.2, 0.25) is 0 Å². The number of carboxylic acid groups (broad SMARTS) is 1. The first-order chi connectivity index (χ1) is 10.1. The molecule has 21 heavy (non-hydrogen) atoms. The van der Waals surface area contributed by atoms with Gasteiger partial charge in [0, 0.05) is 4.88 Å². The van der Waals surface area contributed by atoms with Gasteiger partial charge in [0.15, 0.2) is 5.69 Å². The second kappa shape index (κ2) is 5.79. The van der Waals surface area contributed by atoms with Crippen molar-refractivity contribution in [1.82, 2.24) is 4.98 Å². The molecule has 0 atom stereocenters. The minimum absolute atomic E-state index is 0.137. The summed E-state index contributed by atoms with van der Waals surface area (Å²) in [6.45, 7) is 3.18. The molecule has 0 fully saturated rings. The maximum Gasteiger partial charge on any atom is 0.355 e. The molecule has 1 N–H and O–H groups in total. The van der Waals surface area contributed by atoms with Crippen molar-refractivity contribution in [2.45, 2.75) is 20.0 Å². The Labute approximate surface area is 126 Å². The van der Waals surface area contributed by atoms with E-state index >= 15 is 0 Å². The van der Waals surface area contributed by atoms with Crippen LogP contribution in [0, 0.1) is 6.92 Å². The van der Waals surface area contributed by atoms with Crippen LogP contribution in [0.5, 0.6) is 0 Å². The molecule has 0 spiro atoms. The van der Waals surface area contributed by atoms with E-state index in [1.54, 1.807) is 6.92 Å². The van der Waals surface area contributed by atoms with E-state index < -0.39 is 5.97 Å². The average Bonchev–Trinajstić information content (AvgIpc) is 2.86. The molecule has 1 aliphatic heterocycles. The summed E-state index contributed by atoms with van der Waals surface area (Å²) in [6.07, 6.45) is 4.79. The zero-order valence-electron chi connectivity index (χ0n) is 11.6. The third-order valence-electron chi connectivity index (χ3n) is 3.49. The first kappa shape index (κ1) is 14.0. The number of thiazole rings is 1. The molecule has 0 radical (unpaired) electrons. The highest BCUT2D eigenvalue weighted by Gasteiger charge is 2.14. The number of rotatable bonds is 3. The Bertz CT molecular complexity index is 718. The normalized spacial score (nSPS) is 14.3. The SMILES string of the molecule is Cc1sc(/C=C/c2cccc3c2COCC3)nc1C(=O)O. The van der Waals surface area contributed by atoms with Crippen molar-refractivity contribution in [3.05, 3.63) is 50.5 Å². The topological polar surface area (TPSA) is 59.4 Å². The van der Waals surface area contributed by atoms with E-state index in [0.717, 1.165) is 23.5 Å². The second-order valence-corrected chi connectivity index (χ2v) is 6.12. The van der Waals surface area contributed by atoms with Crippen LogP contribution in [-0.4, -0.2) is 22.7 Å². The highest BCUT2D eigenvalue weighted by atomic mass is 32.1. The molecule has 5 heteroatoms. The molecule has 0 saturated carbocycles. The van der Waals surface area contributed by atoms with Gasteiger partial charge >= 0.3 is 5.97 Å². The standard InChI is InChI=1S/C16H15NO3S/c1-10-15(16(18)19)17-14(21-10)6-5-11-3-2-4-12-7-8-20-9-13(11)12/h2-6H,7-9H2,1H3,(H,18,19)/b6-5+. The quantitative estimate of drug-likeness (QED) is 0.944. The fourth-order valence-electron chi connectivity index (χ4n) is 2.42. The van der Waals surface area contributed by atoms with E-state index in [4.69, 9.17) is 9.84 Å². The van der Waals surface area contributed by atoms with Crippen LogP contribution in [0.2, 0.25) is 0 Å². The van der Waals surface area contributed by atoms with Gasteiger partial charge < -0.3 is 9.84 Å². The average molecular weight is 301 g/mol. The Kier molecular flexibility index (Phi) is 3.86. The summed E-state index contributed by atoms with van der Waals surface area (Å²) >= 11 is 1.39. The Morgan fingerprint density at radius 2 is 2.29 bits per heavy atom. The zero-order chi connectivity index (χ0) is 14.8. The van der Waals surface area contributed by atoms with E-state index in [2.05, 4.69) is 11.1 Å². The molecular weight excluding hydrogens is 286 g/mol. The number of fused-ring (bicyclic) bond motifs is 1. The number of ether oxygens (including phenoxy) is 1. The highest BCUT2D eigenvalue weighted by molar-refractivity contribution is 7.12. The summed E-state index contributed by atoms with van der Waals surface area (Å²) in [6, 6.07) is 6.22. The van der Waals surface area contributed by atoms with Crippen LogP contribution in [0.25, 0.3) is 12.2 Å². The minimum Gasteiger partial charge on any atom is -0.476 e. The lowest BCUT2D eigenvalue weighted by Crippen LogP contribution is -2.10. The Morgan fingerprint density at radius 1 is 1.43 bits per heavy atom. The molecule has 2 aromatic rings.